The van der Waals surface area contributed by atoms with Gasteiger partial charge in [0.05, 0.1) is 18.6 Å². The summed E-state index contributed by atoms with van der Waals surface area (Å²) in [5.74, 6) is 0.805. The van der Waals surface area contributed by atoms with E-state index in [2.05, 4.69) is 0 Å². The Labute approximate surface area is 154 Å². The molecule has 1 aliphatic rings. The molecule has 2 amide bonds. The fourth-order valence-corrected chi connectivity index (χ4v) is 3.23. The minimum atomic E-state index is -0.390. The highest BCUT2D eigenvalue weighted by atomic mass is 35.5. The molecule has 25 heavy (non-hydrogen) atoms. The second kappa shape index (κ2) is 8.09. The summed E-state index contributed by atoms with van der Waals surface area (Å²) in [6.45, 7) is 8.32. The summed E-state index contributed by atoms with van der Waals surface area (Å²) in [5.41, 5.74) is 0.474. The fourth-order valence-electron chi connectivity index (χ4n) is 2.95. The Morgan fingerprint density at radius 2 is 1.76 bits per heavy atom. The van der Waals surface area contributed by atoms with E-state index in [0.717, 1.165) is 12.0 Å². The molecular weight excluding hydrogens is 340 g/mol. The number of carbonyl (C=O) groups is 2. The predicted octanol–water partition coefficient (Wildman–Crippen LogP) is 3.00. The van der Waals surface area contributed by atoms with E-state index in [1.54, 1.807) is 19.2 Å². The number of ether oxygens (including phenoxy) is 1. The van der Waals surface area contributed by atoms with Gasteiger partial charge in [-0.3, -0.25) is 9.59 Å². The zero-order valence-electron chi connectivity index (χ0n) is 15.5. The summed E-state index contributed by atoms with van der Waals surface area (Å²) < 4.78 is 5.13. The van der Waals surface area contributed by atoms with E-state index >= 15 is 0 Å². The number of rotatable bonds is 3. The molecule has 1 aromatic rings. The quantitative estimate of drug-likeness (QED) is 0.826. The number of benzene rings is 1. The first-order chi connectivity index (χ1) is 11.7. The van der Waals surface area contributed by atoms with E-state index in [9.17, 15) is 9.59 Å². The third-order valence-electron chi connectivity index (χ3n) is 4.35. The fraction of sp³-hybridized carbons (Fsp3) is 0.579. The zero-order chi connectivity index (χ0) is 18.6. The van der Waals surface area contributed by atoms with Gasteiger partial charge in [0.25, 0.3) is 0 Å². The van der Waals surface area contributed by atoms with Crippen LogP contribution in [0.15, 0.2) is 18.2 Å². The molecule has 1 saturated heterocycles. The Morgan fingerprint density at radius 3 is 2.36 bits per heavy atom. The maximum absolute atomic E-state index is 12.6. The zero-order valence-corrected chi connectivity index (χ0v) is 16.2. The highest BCUT2D eigenvalue weighted by Gasteiger charge is 2.29. The summed E-state index contributed by atoms with van der Waals surface area (Å²) in [4.78, 5) is 28.8. The van der Waals surface area contributed by atoms with Gasteiger partial charge >= 0.3 is 0 Å². The lowest BCUT2D eigenvalue weighted by molar-refractivity contribution is -0.139. The van der Waals surface area contributed by atoms with E-state index in [1.807, 2.05) is 36.6 Å². The molecule has 1 fully saturated rings. The molecule has 0 unspecified atom stereocenters. The molecule has 6 heteroatoms. The molecule has 2 rings (SSSR count). The molecule has 138 valence electrons. The summed E-state index contributed by atoms with van der Waals surface area (Å²) in [7, 11) is 1.56. The minimum absolute atomic E-state index is 0.0614. The van der Waals surface area contributed by atoms with Crippen molar-refractivity contribution in [2.75, 3.05) is 33.3 Å². The maximum atomic E-state index is 12.6. The van der Waals surface area contributed by atoms with Crippen molar-refractivity contribution in [3.8, 4) is 5.75 Å². The molecule has 1 heterocycles. The van der Waals surface area contributed by atoms with Crippen molar-refractivity contribution in [3.63, 3.8) is 0 Å². The van der Waals surface area contributed by atoms with Crippen LogP contribution in [0.25, 0.3) is 0 Å². The number of hydrogen-bond acceptors (Lipinski definition) is 3. The summed E-state index contributed by atoms with van der Waals surface area (Å²) in [5, 5.41) is 0.505. The van der Waals surface area contributed by atoms with Gasteiger partial charge in [-0.1, -0.05) is 38.4 Å². The molecule has 0 spiro atoms. The first-order valence-electron chi connectivity index (χ1n) is 8.62. The van der Waals surface area contributed by atoms with Crippen molar-refractivity contribution in [2.24, 2.45) is 5.41 Å². The molecule has 1 aliphatic heterocycles. The number of amides is 2. The second-order valence-corrected chi connectivity index (χ2v) is 7.83. The highest BCUT2D eigenvalue weighted by Crippen LogP contribution is 2.25. The van der Waals surface area contributed by atoms with Crippen LogP contribution in [-0.4, -0.2) is 54.9 Å². The van der Waals surface area contributed by atoms with Gasteiger partial charge < -0.3 is 14.5 Å². The van der Waals surface area contributed by atoms with Gasteiger partial charge in [0.15, 0.2) is 0 Å². The third-order valence-corrected chi connectivity index (χ3v) is 4.64. The lowest BCUT2D eigenvalue weighted by atomic mass is 9.94. The Bertz CT molecular complexity index is 640. The Morgan fingerprint density at radius 1 is 1.12 bits per heavy atom. The van der Waals surface area contributed by atoms with Crippen molar-refractivity contribution in [1.82, 2.24) is 9.80 Å². The van der Waals surface area contributed by atoms with Crippen molar-refractivity contribution in [3.05, 3.63) is 28.8 Å². The molecule has 0 aliphatic carbocycles. The van der Waals surface area contributed by atoms with E-state index in [-0.39, 0.29) is 17.2 Å². The van der Waals surface area contributed by atoms with Gasteiger partial charge in [-0.15, -0.1) is 0 Å². The standard InChI is InChI=1S/C19H27ClN2O3/c1-19(2,3)18(24)22-9-5-8-21(10-11-22)17(23)13-14-6-7-16(25-4)15(20)12-14/h6-7,12H,5,8-11,13H2,1-4H3. The SMILES string of the molecule is COc1ccc(CC(=O)N2CCCN(C(=O)C(C)(C)C)CC2)cc1Cl. The van der Waals surface area contributed by atoms with Crippen LogP contribution in [0.5, 0.6) is 5.75 Å². The van der Waals surface area contributed by atoms with Crippen LogP contribution in [0.3, 0.4) is 0 Å². The molecule has 0 saturated carbocycles. The largest absolute Gasteiger partial charge is 0.495 e. The van der Waals surface area contributed by atoms with Crippen LogP contribution in [-0.2, 0) is 16.0 Å². The van der Waals surface area contributed by atoms with Gasteiger partial charge in [-0.25, -0.2) is 0 Å². The maximum Gasteiger partial charge on any atom is 0.228 e. The van der Waals surface area contributed by atoms with E-state index in [0.29, 0.717) is 43.4 Å². The summed E-state index contributed by atoms with van der Waals surface area (Å²) in [6, 6.07) is 5.40. The molecule has 1 aromatic carbocycles. The van der Waals surface area contributed by atoms with Crippen molar-refractivity contribution < 1.29 is 14.3 Å². The van der Waals surface area contributed by atoms with Crippen LogP contribution in [0.4, 0.5) is 0 Å². The average Bonchev–Trinajstić information content (AvgIpc) is 2.79. The summed E-state index contributed by atoms with van der Waals surface area (Å²) in [6.07, 6.45) is 1.11. The van der Waals surface area contributed by atoms with Crippen LogP contribution in [0.2, 0.25) is 5.02 Å². The molecular formula is C19H27ClN2O3. The van der Waals surface area contributed by atoms with Gasteiger partial charge in [-0.2, -0.15) is 0 Å². The van der Waals surface area contributed by atoms with Gasteiger partial charge in [0, 0.05) is 31.6 Å². The second-order valence-electron chi connectivity index (χ2n) is 7.42. The van der Waals surface area contributed by atoms with E-state index in [4.69, 9.17) is 16.3 Å². The number of hydrogen-bond donors (Lipinski definition) is 0. The van der Waals surface area contributed by atoms with E-state index in [1.165, 1.54) is 0 Å². The van der Waals surface area contributed by atoms with Gasteiger partial charge in [0.1, 0.15) is 5.75 Å². The molecule has 0 atom stereocenters. The normalized spacial score (nSPS) is 15.7. The lowest BCUT2D eigenvalue weighted by Crippen LogP contribution is -2.42. The predicted molar refractivity (Wildman–Crippen MR) is 98.9 cm³/mol. The van der Waals surface area contributed by atoms with Crippen molar-refractivity contribution >= 4 is 23.4 Å². The molecule has 0 bridgehead atoms. The Kier molecular flexibility index (Phi) is 6.33. The van der Waals surface area contributed by atoms with Crippen molar-refractivity contribution in [2.45, 2.75) is 33.6 Å². The van der Waals surface area contributed by atoms with Crippen LogP contribution in [0.1, 0.15) is 32.8 Å². The number of carbonyl (C=O) groups excluding carboxylic acids is 2. The van der Waals surface area contributed by atoms with Crippen molar-refractivity contribution in [1.29, 1.82) is 0 Å². The first-order valence-corrected chi connectivity index (χ1v) is 8.99. The highest BCUT2D eigenvalue weighted by molar-refractivity contribution is 6.32. The monoisotopic (exact) mass is 366 g/mol. The average molecular weight is 367 g/mol. The molecule has 0 N–H and O–H groups in total. The number of nitrogens with zero attached hydrogens (tertiary/aromatic N) is 2. The number of methoxy groups -OCH3 is 1. The van der Waals surface area contributed by atoms with E-state index < -0.39 is 0 Å². The van der Waals surface area contributed by atoms with Crippen LogP contribution in [0, 0.1) is 5.41 Å². The topological polar surface area (TPSA) is 49.9 Å². The number of halogens is 1. The van der Waals surface area contributed by atoms with Crippen LogP contribution >= 0.6 is 11.6 Å². The smallest absolute Gasteiger partial charge is 0.228 e. The minimum Gasteiger partial charge on any atom is -0.495 e. The van der Waals surface area contributed by atoms with Gasteiger partial charge in [0.2, 0.25) is 11.8 Å². The Hall–Kier alpha value is -1.75. The third kappa shape index (κ3) is 5.11. The molecule has 0 radical (unpaired) electrons. The Balaban J connectivity index is 1.97. The summed E-state index contributed by atoms with van der Waals surface area (Å²) >= 11 is 6.13. The van der Waals surface area contributed by atoms with Gasteiger partial charge in [-0.05, 0) is 24.1 Å². The molecule has 5 nitrogen and oxygen atoms in total. The van der Waals surface area contributed by atoms with Crippen LogP contribution < -0.4 is 4.74 Å². The molecule has 0 aromatic heterocycles. The first kappa shape index (κ1) is 19.6. The lowest BCUT2D eigenvalue weighted by Gasteiger charge is -2.28.